The van der Waals surface area contributed by atoms with Crippen molar-refractivity contribution in [2.75, 3.05) is 10.6 Å². The van der Waals surface area contributed by atoms with Gasteiger partial charge in [0.2, 0.25) is 5.95 Å². The summed E-state index contributed by atoms with van der Waals surface area (Å²) in [6, 6.07) is 8.47. The van der Waals surface area contributed by atoms with E-state index in [1.807, 2.05) is 0 Å². The highest BCUT2D eigenvalue weighted by molar-refractivity contribution is 6.30. The first-order valence-electron chi connectivity index (χ1n) is 7.15. The normalized spacial score (nSPS) is 11.4. The van der Waals surface area contributed by atoms with Crippen LogP contribution in [-0.2, 0) is 12.7 Å². The van der Waals surface area contributed by atoms with Gasteiger partial charge in [0.05, 0.1) is 24.1 Å². The Balaban J connectivity index is 1.78. The molecular weight excluding hydrogens is 357 g/mol. The zero-order valence-electron chi connectivity index (χ0n) is 12.6. The number of hydrogen-bond donors (Lipinski definition) is 2. The fourth-order valence-electron chi connectivity index (χ4n) is 2.09. The number of rotatable bonds is 5. The van der Waals surface area contributed by atoms with E-state index in [-0.39, 0.29) is 22.5 Å². The molecule has 0 bridgehead atoms. The van der Waals surface area contributed by atoms with E-state index in [0.717, 1.165) is 6.07 Å². The molecule has 0 radical (unpaired) electrons. The highest BCUT2D eigenvalue weighted by Crippen LogP contribution is 2.37. The number of hydrogen-bond acceptors (Lipinski definition) is 5. The number of anilines is 3. The Morgan fingerprint density at radius 3 is 2.72 bits per heavy atom. The van der Waals surface area contributed by atoms with Crippen molar-refractivity contribution in [1.29, 1.82) is 0 Å². The lowest BCUT2D eigenvalue weighted by Crippen LogP contribution is -2.10. The first-order chi connectivity index (χ1) is 11.9. The van der Waals surface area contributed by atoms with E-state index in [2.05, 4.69) is 20.6 Å². The third-order valence-electron chi connectivity index (χ3n) is 3.21. The lowest BCUT2D eigenvalue weighted by molar-refractivity contribution is -0.136. The average molecular weight is 369 g/mol. The summed E-state index contributed by atoms with van der Waals surface area (Å²) in [5.41, 5.74) is -1.02. The summed E-state index contributed by atoms with van der Waals surface area (Å²) in [7, 11) is 0. The van der Waals surface area contributed by atoms with Crippen LogP contribution in [0, 0.1) is 0 Å². The van der Waals surface area contributed by atoms with E-state index in [4.69, 9.17) is 16.0 Å². The van der Waals surface area contributed by atoms with Gasteiger partial charge in [0.1, 0.15) is 11.6 Å². The minimum Gasteiger partial charge on any atom is -0.467 e. The molecule has 1 aromatic carbocycles. The molecule has 0 saturated heterocycles. The molecule has 0 amide bonds. The number of nitrogens with zero attached hydrogens (tertiary/aromatic N) is 2. The maximum atomic E-state index is 13.1. The number of benzene rings is 1. The minimum absolute atomic E-state index is 0.00126. The SMILES string of the molecule is FC(F)(F)c1cc(Cl)ccc1Nc1ccnc(NCc2ccco2)n1. The van der Waals surface area contributed by atoms with Crippen LogP contribution in [0.1, 0.15) is 11.3 Å². The molecule has 9 heteroatoms. The molecule has 0 fully saturated rings. The van der Waals surface area contributed by atoms with Crippen LogP contribution in [0.2, 0.25) is 5.02 Å². The van der Waals surface area contributed by atoms with Crippen LogP contribution in [-0.4, -0.2) is 9.97 Å². The molecule has 0 aliphatic heterocycles. The summed E-state index contributed by atoms with van der Waals surface area (Å²) in [6.07, 6.45) is -1.57. The van der Waals surface area contributed by atoms with Crippen molar-refractivity contribution >= 4 is 29.1 Å². The first-order valence-corrected chi connectivity index (χ1v) is 7.53. The van der Waals surface area contributed by atoms with Gasteiger partial charge in [0.15, 0.2) is 0 Å². The van der Waals surface area contributed by atoms with Crippen molar-refractivity contribution in [2.24, 2.45) is 0 Å². The van der Waals surface area contributed by atoms with Gasteiger partial charge in [-0.2, -0.15) is 18.2 Å². The molecule has 0 saturated carbocycles. The summed E-state index contributed by atoms with van der Waals surface area (Å²) in [6.45, 7) is 0.352. The van der Waals surface area contributed by atoms with E-state index in [1.54, 1.807) is 12.1 Å². The van der Waals surface area contributed by atoms with Gasteiger partial charge in [-0.1, -0.05) is 11.6 Å². The summed E-state index contributed by atoms with van der Waals surface area (Å²) in [4.78, 5) is 8.16. The molecule has 0 aliphatic carbocycles. The standard InChI is InChI=1S/C16H12ClF3N4O/c17-10-3-4-13(12(8-10)16(18,19)20)23-14-5-6-21-15(24-14)22-9-11-2-1-7-25-11/h1-8H,9H2,(H2,21,22,23,24). The van der Waals surface area contributed by atoms with Gasteiger partial charge in [0, 0.05) is 11.2 Å². The quantitative estimate of drug-likeness (QED) is 0.656. The van der Waals surface area contributed by atoms with Gasteiger partial charge in [-0.25, -0.2) is 4.98 Å². The molecule has 2 heterocycles. The Labute approximate surface area is 145 Å². The van der Waals surface area contributed by atoms with Crippen molar-refractivity contribution in [3.63, 3.8) is 0 Å². The highest BCUT2D eigenvalue weighted by Gasteiger charge is 2.33. The van der Waals surface area contributed by atoms with Crippen LogP contribution in [0.4, 0.5) is 30.6 Å². The van der Waals surface area contributed by atoms with Crippen LogP contribution in [0.15, 0.2) is 53.3 Å². The van der Waals surface area contributed by atoms with Crippen molar-refractivity contribution in [2.45, 2.75) is 12.7 Å². The van der Waals surface area contributed by atoms with E-state index in [9.17, 15) is 13.2 Å². The van der Waals surface area contributed by atoms with E-state index in [1.165, 1.54) is 30.7 Å². The Hall–Kier alpha value is -2.74. The third-order valence-corrected chi connectivity index (χ3v) is 3.44. The second-order valence-corrected chi connectivity index (χ2v) is 5.45. The monoisotopic (exact) mass is 368 g/mol. The molecule has 0 atom stereocenters. The topological polar surface area (TPSA) is 63.0 Å². The molecule has 3 aromatic rings. The fraction of sp³-hybridized carbons (Fsp3) is 0.125. The van der Waals surface area contributed by atoms with Gasteiger partial charge in [-0.15, -0.1) is 0 Å². The maximum Gasteiger partial charge on any atom is 0.418 e. The third kappa shape index (κ3) is 4.42. The van der Waals surface area contributed by atoms with Gasteiger partial charge >= 0.3 is 6.18 Å². The molecule has 0 spiro atoms. The zero-order valence-corrected chi connectivity index (χ0v) is 13.4. The van der Waals surface area contributed by atoms with Crippen LogP contribution in [0.25, 0.3) is 0 Å². The number of nitrogens with one attached hydrogen (secondary N) is 2. The Morgan fingerprint density at radius 2 is 2.00 bits per heavy atom. The van der Waals surface area contributed by atoms with Gasteiger partial charge in [-0.3, -0.25) is 0 Å². The molecule has 2 aromatic heterocycles. The molecule has 2 N–H and O–H groups in total. The van der Waals surface area contributed by atoms with Crippen LogP contribution < -0.4 is 10.6 Å². The van der Waals surface area contributed by atoms with Gasteiger partial charge in [-0.05, 0) is 36.4 Å². The van der Waals surface area contributed by atoms with Crippen molar-refractivity contribution < 1.29 is 17.6 Å². The minimum atomic E-state index is -4.54. The summed E-state index contributed by atoms with van der Waals surface area (Å²) in [5.74, 6) is 1.15. The van der Waals surface area contributed by atoms with Crippen LogP contribution in [0.3, 0.4) is 0 Å². The number of halogens is 4. The highest BCUT2D eigenvalue weighted by atomic mass is 35.5. The molecule has 3 rings (SSSR count). The van der Waals surface area contributed by atoms with E-state index < -0.39 is 11.7 Å². The Kier molecular flexibility index (Phi) is 4.80. The lowest BCUT2D eigenvalue weighted by Gasteiger charge is -2.14. The maximum absolute atomic E-state index is 13.1. The zero-order chi connectivity index (χ0) is 17.9. The predicted molar refractivity (Wildman–Crippen MR) is 87.8 cm³/mol. The van der Waals surface area contributed by atoms with Crippen LogP contribution >= 0.6 is 11.6 Å². The molecular formula is C16H12ClF3N4O. The Morgan fingerprint density at radius 1 is 1.16 bits per heavy atom. The lowest BCUT2D eigenvalue weighted by atomic mass is 10.1. The largest absolute Gasteiger partial charge is 0.467 e. The summed E-state index contributed by atoms with van der Waals surface area (Å²) >= 11 is 5.67. The van der Waals surface area contributed by atoms with Gasteiger partial charge < -0.3 is 15.1 Å². The molecule has 130 valence electrons. The number of alkyl halides is 3. The molecule has 0 aliphatic rings. The number of furan rings is 1. The van der Waals surface area contributed by atoms with E-state index >= 15 is 0 Å². The average Bonchev–Trinajstić information content (AvgIpc) is 3.08. The van der Waals surface area contributed by atoms with E-state index in [0.29, 0.717) is 12.3 Å². The predicted octanol–water partition coefficient (Wildman–Crippen LogP) is 5.10. The van der Waals surface area contributed by atoms with Crippen molar-refractivity contribution in [3.8, 4) is 0 Å². The number of aromatic nitrogens is 2. The second kappa shape index (κ2) is 7.02. The molecule has 25 heavy (non-hydrogen) atoms. The first kappa shape index (κ1) is 17.1. The van der Waals surface area contributed by atoms with Crippen molar-refractivity contribution in [3.05, 3.63) is 65.2 Å². The summed E-state index contributed by atoms with van der Waals surface area (Å²) < 4.78 is 44.6. The second-order valence-electron chi connectivity index (χ2n) is 5.01. The Bertz CT molecular complexity index is 853. The van der Waals surface area contributed by atoms with Crippen molar-refractivity contribution in [1.82, 2.24) is 9.97 Å². The summed E-state index contributed by atoms with van der Waals surface area (Å²) in [5, 5.41) is 5.58. The van der Waals surface area contributed by atoms with Crippen LogP contribution in [0.5, 0.6) is 0 Å². The molecule has 0 unspecified atom stereocenters. The molecule has 5 nitrogen and oxygen atoms in total. The smallest absolute Gasteiger partial charge is 0.418 e. The fourth-order valence-corrected chi connectivity index (χ4v) is 2.26. The van der Waals surface area contributed by atoms with Gasteiger partial charge in [0.25, 0.3) is 0 Å².